The Morgan fingerprint density at radius 3 is 2.74 bits per heavy atom. The van der Waals surface area contributed by atoms with Gasteiger partial charge in [-0.25, -0.2) is 0 Å². The number of esters is 2. The van der Waals surface area contributed by atoms with E-state index in [-0.39, 0.29) is 23.5 Å². The Morgan fingerprint density at radius 2 is 2.00 bits per heavy atom. The monoisotopic (exact) mass is 370 g/mol. The SMILES string of the molecule is CC(=O)Oc1ccc2c(c1)CCC1C2CC[C@@]2(C)C1C[C@H]1O[C@]12OC(C)=O. The van der Waals surface area contributed by atoms with E-state index in [9.17, 15) is 9.59 Å². The minimum Gasteiger partial charge on any atom is -0.430 e. The molecule has 0 N–H and O–H groups in total. The Labute approximate surface area is 159 Å². The second-order valence-electron chi connectivity index (χ2n) is 8.93. The molecule has 5 heteroatoms. The minimum absolute atomic E-state index is 0.0721. The van der Waals surface area contributed by atoms with Crippen LogP contribution in [0.3, 0.4) is 0 Å². The van der Waals surface area contributed by atoms with Gasteiger partial charge in [-0.2, -0.15) is 0 Å². The van der Waals surface area contributed by atoms with Crippen molar-refractivity contribution in [2.75, 3.05) is 0 Å². The lowest BCUT2D eigenvalue weighted by molar-refractivity contribution is -0.185. The van der Waals surface area contributed by atoms with Gasteiger partial charge in [-0.1, -0.05) is 13.0 Å². The van der Waals surface area contributed by atoms with Crippen LogP contribution in [0.2, 0.25) is 0 Å². The number of ether oxygens (including phenoxy) is 3. The van der Waals surface area contributed by atoms with Crippen LogP contribution in [0.4, 0.5) is 0 Å². The lowest BCUT2D eigenvalue weighted by atomic mass is 9.55. The predicted octanol–water partition coefficient (Wildman–Crippen LogP) is 3.74. The van der Waals surface area contributed by atoms with Gasteiger partial charge in [0.1, 0.15) is 11.9 Å². The summed E-state index contributed by atoms with van der Waals surface area (Å²) in [5.74, 6) is 1.10. The molecule has 3 aliphatic carbocycles. The number of fused-ring (bicyclic) bond motifs is 7. The zero-order valence-electron chi connectivity index (χ0n) is 16.1. The molecule has 1 saturated heterocycles. The molecule has 144 valence electrons. The van der Waals surface area contributed by atoms with E-state index < -0.39 is 5.79 Å². The summed E-state index contributed by atoms with van der Waals surface area (Å²) < 4.78 is 16.9. The van der Waals surface area contributed by atoms with Gasteiger partial charge < -0.3 is 14.2 Å². The summed E-state index contributed by atoms with van der Waals surface area (Å²) in [5, 5.41) is 0. The number of epoxide rings is 1. The highest BCUT2D eigenvalue weighted by atomic mass is 16.8. The van der Waals surface area contributed by atoms with Gasteiger partial charge in [-0.05, 0) is 73.1 Å². The highest BCUT2D eigenvalue weighted by molar-refractivity contribution is 5.69. The van der Waals surface area contributed by atoms with Gasteiger partial charge in [0.05, 0.1) is 0 Å². The number of aryl methyl sites for hydroxylation is 1. The van der Waals surface area contributed by atoms with Crippen LogP contribution < -0.4 is 4.74 Å². The second kappa shape index (κ2) is 5.57. The number of hydrogen-bond donors (Lipinski definition) is 0. The zero-order valence-corrected chi connectivity index (χ0v) is 16.1. The molecule has 0 bridgehead atoms. The Morgan fingerprint density at radius 1 is 1.19 bits per heavy atom. The molecule has 2 saturated carbocycles. The Hall–Kier alpha value is -1.88. The molecule has 0 spiro atoms. The molecule has 1 aromatic carbocycles. The largest absolute Gasteiger partial charge is 0.430 e. The van der Waals surface area contributed by atoms with Crippen LogP contribution in [0.25, 0.3) is 0 Å². The highest BCUT2D eigenvalue weighted by Gasteiger charge is 2.79. The van der Waals surface area contributed by atoms with Crippen molar-refractivity contribution in [3.8, 4) is 5.75 Å². The molecule has 27 heavy (non-hydrogen) atoms. The van der Waals surface area contributed by atoms with Gasteiger partial charge in [0.15, 0.2) is 0 Å². The first-order valence-corrected chi connectivity index (χ1v) is 10.0. The Kier molecular flexibility index (Phi) is 3.55. The Balaban J connectivity index is 1.43. The molecule has 4 aliphatic rings. The van der Waals surface area contributed by atoms with Crippen LogP contribution in [0.5, 0.6) is 5.75 Å². The normalized spacial score (nSPS) is 40.9. The van der Waals surface area contributed by atoms with Gasteiger partial charge in [0, 0.05) is 19.3 Å². The van der Waals surface area contributed by atoms with Crippen LogP contribution in [0, 0.1) is 17.3 Å². The third-order valence-corrected chi connectivity index (χ3v) is 7.59. The van der Waals surface area contributed by atoms with Crippen molar-refractivity contribution in [2.45, 2.75) is 70.7 Å². The summed E-state index contributed by atoms with van der Waals surface area (Å²) in [6.45, 7) is 5.18. The summed E-state index contributed by atoms with van der Waals surface area (Å²) in [6, 6.07) is 6.11. The summed E-state index contributed by atoms with van der Waals surface area (Å²) in [5.41, 5.74) is 2.64. The number of hydrogen-bond acceptors (Lipinski definition) is 5. The van der Waals surface area contributed by atoms with Crippen molar-refractivity contribution in [1.82, 2.24) is 0 Å². The molecule has 0 aromatic heterocycles. The topological polar surface area (TPSA) is 65.1 Å². The van der Waals surface area contributed by atoms with Crippen molar-refractivity contribution >= 4 is 11.9 Å². The lowest BCUT2D eigenvalue weighted by Crippen LogP contribution is -2.48. The van der Waals surface area contributed by atoms with Crippen molar-refractivity contribution in [1.29, 1.82) is 0 Å². The van der Waals surface area contributed by atoms with E-state index >= 15 is 0 Å². The van der Waals surface area contributed by atoms with E-state index in [0.717, 1.165) is 32.1 Å². The van der Waals surface area contributed by atoms with Crippen molar-refractivity contribution < 1.29 is 23.8 Å². The molecule has 5 nitrogen and oxygen atoms in total. The average Bonchev–Trinajstić information content (AvgIpc) is 3.23. The van der Waals surface area contributed by atoms with E-state index in [1.54, 1.807) is 0 Å². The molecule has 0 radical (unpaired) electrons. The lowest BCUT2D eigenvalue weighted by Gasteiger charge is -2.51. The maximum atomic E-state index is 11.7. The van der Waals surface area contributed by atoms with Crippen LogP contribution >= 0.6 is 0 Å². The minimum atomic E-state index is -0.673. The molecule has 3 unspecified atom stereocenters. The fourth-order valence-electron chi connectivity index (χ4n) is 6.51. The number of rotatable bonds is 2. The quantitative estimate of drug-likeness (QED) is 0.451. The van der Waals surface area contributed by atoms with Crippen LogP contribution in [0.15, 0.2) is 18.2 Å². The van der Waals surface area contributed by atoms with Crippen LogP contribution in [-0.4, -0.2) is 23.8 Å². The van der Waals surface area contributed by atoms with Gasteiger partial charge >= 0.3 is 11.9 Å². The van der Waals surface area contributed by atoms with E-state index in [1.165, 1.54) is 25.0 Å². The standard InChI is InChI=1S/C22H26O5/c1-12(23)25-15-5-7-16-14(10-15)4-6-18-17(16)8-9-21(3)19(18)11-20-22(21,27-20)26-13(2)24/h5,7,10,17-20H,4,6,8-9,11H2,1-3H3/t17?,18?,19?,20-,21+,22-/m1/s1. The maximum Gasteiger partial charge on any atom is 0.308 e. The molecule has 1 aromatic rings. The van der Waals surface area contributed by atoms with E-state index in [4.69, 9.17) is 14.2 Å². The van der Waals surface area contributed by atoms with Gasteiger partial charge in [0.2, 0.25) is 5.79 Å². The first kappa shape index (κ1) is 17.2. The second-order valence-corrected chi connectivity index (χ2v) is 8.93. The van der Waals surface area contributed by atoms with Crippen molar-refractivity contribution in [3.05, 3.63) is 29.3 Å². The molecular formula is C22H26O5. The number of carbonyl (C=O) groups excluding carboxylic acids is 2. The summed E-state index contributed by atoms with van der Waals surface area (Å²) in [4.78, 5) is 22.9. The molecule has 1 aliphatic heterocycles. The van der Waals surface area contributed by atoms with E-state index in [2.05, 4.69) is 13.0 Å². The summed E-state index contributed by atoms with van der Waals surface area (Å²) in [7, 11) is 0. The maximum absolute atomic E-state index is 11.7. The van der Waals surface area contributed by atoms with Crippen LogP contribution in [-0.2, 0) is 25.5 Å². The van der Waals surface area contributed by atoms with Crippen molar-refractivity contribution in [3.63, 3.8) is 0 Å². The molecular weight excluding hydrogens is 344 g/mol. The van der Waals surface area contributed by atoms with Crippen LogP contribution in [0.1, 0.15) is 63.5 Å². The fraction of sp³-hybridized carbons (Fsp3) is 0.636. The first-order chi connectivity index (χ1) is 12.8. The summed E-state index contributed by atoms with van der Waals surface area (Å²) >= 11 is 0. The molecule has 5 rings (SSSR count). The van der Waals surface area contributed by atoms with E-state index in [0.29, 0.717) is 23.5 Å². The fourth-order valence-corrected chi connectivity index (χ4v) is 6.51. The van der Waals surface area contributed by atoms with Gasteiger partial charge in [-0.3, -0.25) is 9.59 Å². The number of benzene rings is 1. The molecule has 0 amide bonds. The predicted molar refractivity (Wildman–Crippen MR) is 97.1 cm³/mol. The highest BCUT2D eigenvalue weighted by Crippen LogP contribution is 2.72. The van der Waals surface area contributed by atoms with Gasteiger partial charge in [-0.15, -0.1) is 0 Å². The molecule has 6 atom stereocenters. The number of carbonyl (C=O) groups is 2. The third-order valence-electron chi connectivity index (χ3n) is 7.59. The smallest absolute Gasteiger partial charge is 0.308 e. The molecule has 1 heterocycles. The third kappa shape index (κ3) is 2.33. The summed E-state index contributed by atoms with van der Waals surface area (Å²) in [6.07, 6.45) is 5.29. The average molecular weight is 370 g/mol. The van der Waals surface area contributed by atoms with Gasteiger partial charge in [0.25, 0.3) is 0 Å². The Bertz CT molecular complexity index is 832. The first-order valence-electron chi connectivity index (χ1n) is 10.0. The molecule has 3 fully saturated rings. The zero-order chi connectivity index (χ0) is 19.0. The van der Waals surface area contributed by atoms with Crippen molar-refractivity contribution in [2.24, 2.45) is 17.3 Å². The van der Waals surface area contributed by atoms with E-state index in [1.807, 2.05) is 12.1 Å².